The first-order valence-corrected chi connectivity index (χ1v) is 9.87. The Hall–Kier alpha value is -2.31. The zero-order valence-electron chi connectivity index (χ0n) is 16.5. The van der Waals surface area contributed by atoms with Crippen molar-refractivity contribution in [2.24, 2.45) is 4.99 Å². The molecule has 7 heteroatoms. The fraction of sp³-hybridized carbons (Fsp3) is 0.600. The van der Waals surface area contributed by atoms with Gasteiger partial charge in [0.25, 0.3) is 0 Å². The van der Waals surface area contributed by atoms with Gasteiger partial charge in [0.1, 0.15) is 5.82 Å². The Bertz CT molecular complexity index is 622. The van der Waals surface area contributed by atoms with Gasteiger partial charge in [0.15, 0.2) is 5.96 Å². The number of anilines is 1. The lowest BCUT2D eigenvalue weighted by Gasteiger charge is -2.20. The second-order valence-electron chi connectivity index (χ2n) is 6.75. The summed E-state index contributed by atoms with van der Waals surface area (Å²) in [4.78, 5) is 20.0. The largest absolute Gasteiger partial charge is 0.372 e. The molecule has 0 aromatic heterocycles. The number of guanidine groups is 1. The molecule has 1 aliphatic rings. The highest BCUT2D eigenvalue weighted by Gasteiger charge is 2.18. The highest BCUT2D eigenvalue weighted by molar-refractivity contribution is 5.79. The molecule has 0 aliphatic carbocycles. The van der Waals surface area contributed by atoms with Crippen LogP contribution < -0.4 is 15.5 Å². The number of halogens is 1. The molecule has 1 aromatic rings. The maximum atomic E-state index is 13.8. The molecule has 0 spiro atoms. The van der Waals surface area contributed by atoms with Crippen LogP contribution in [-0.2, 0) is 4.79 Å². The molecular weight excluding hydrogens is 345 g/mol. The molecule has 1 saturated heterocycles. The van der Waals surface area contributed by atoms with Crippen LogP contribution in [0.15, 0.2) is 29.3 Å². The predicted octanol–water partition coefficient (Wildman–Crippen LogP) is 2.22. The highest BCUT2D eigenvalue weighted by Crippen LogP contribution is 2.16. The number of likely N-dealkylation sites (tertiary alicyclic amines) is 1. The molecule has 1 aliphatic heterocycles. The number of nitrogens with one attached hydrogen (secondary N) is 2. The first-order chi connectivity index (χ1) is 13.1. The van der Waals surface area contributed by atoms with E-state index in [0.717, 1.165) is 57.9 Å². The topological polar surface area (TPSA) is 60.0 Å². The lowest BCUT2D eigenvalue weighted by molar-refractivity contribution is -0.127. The van der Waals surface area contributed by atoms with Crippen LogP contribution in [0, 0.1) is 5.82 Å². The monoisotopic (exact) mass is 377 g/mol. The van der Waals surface area contributed by atoms with Crippen molar-refractivity contribution in [2.45, 2.75) is 32.6 Å². The Morgan fingerprint density at radius 1 is 1.30 bits per heavy atom. The van der Waals surface area contributed by atoms with Gasteiger partial charge in [-0.15, -0.1) is 0 Å². The molecule has 2 rings (SSSR count). The van der Waals surface area contributed by atoms with E-state index in [0.29, 0.717) is 18.7 Å². The van der Waals surface area contributed by atoms with Crippen LogP contribution in [0.1, 0.15) is 32.6 Å². The standard InChI is InChI=1S/C20H32FN5O/c1-3-22-20(24-13-8-16-26-15-6-11-19(26)27)23-12-7-14-25(2)18-10-5-4-9-17(18)21/h4-5,9-10H,3,6-8,11-16H2,1-2H3,(H2,22,23,24). The van der Waals surface area contributed by atoms with Crippen LogP contribution in [0.5, 0.6) is 0 Å². The van der Waals surface area contributed by atoms with E-state index in [1.807, 2.05) is 29.8 Å². The van der Waals surface area contributed by atoms with Gasteiger partial charge in [0.2, 0.25) is 5.91 Å². The van der Waals surface area contributed by atoms with E-state index in [2.05, 4.69) is 15.6 Å². The van der Waals surface area contributed by atoms with E-state index in [-0.39, 0.29) is 11.7 Å². The van der Waals surface area contributed by atoms with Gasteiger partial charge >= 0.3 is 0 Å². The lowest BCUT2D eigenvalue weighted by atomic mass is 10.2. The molecule has 27 heavy (non-hydrogen) atoms. The van der Waals surface area contributed by atoms with Crippen LogP contribution >= 0.6 is 0 Å². The average Bonchev–Trinajstić information content (AvgIpc) is 3.07. The van der Waals surface area contributed by atoms with Gasteiger partial charge in [-0.3, -0.25) is 9.79 Å². The number of para-hydroxylation sites is 1. The Kier molecular flexibility index (Phi) is 8.87. The van der Waals surface area contributed by atoms with Crippen molar-refractivity contribution in [2.75, 3.05) is 51.2 Å². The minimum atomic E-state index is -0.195. The van der Waals surface area contributed by atoms with Gasteiger partial charge in [-0.1, -0.05) is 12.1 Å². The summed E-state index contributed by atoms with van der Waals surface area (Å²) in [5, 5.41) is 6.55. The van der Waals surface area contributed by atoms with Crippen molar-refractivity contribution in [3.63, 3.8) is 0 Å². The van der Waals surface area contributed by atoms with E-state index in [1.54, 1.807) is 12.1 Å². The van der Waals surface area contributed by atoms with Gasteiger partial charge in [-0.25, -0.2) is 4.39 Å². The summed E-state index contributed by atoms with van der Waals surface area (Å²) in [7, 11) is 1.90. The first-order valence-electron chi connectivity index (χ1n) is 9.87. The highest BCUT2D eigenvalue weighted by atomic mass is 19.1. The molecule has 0 unspecified atom stereocenters. The van der Waals surface area contributed by atoms with Crippen molar-refractivity contribution in [3.8, 4) is 0 Å². The second-order valence-corrected chi connectivity index (χ2v) is 6.75. The molecule has 1 heterocycles. The fourth-order valence-electron chi connectivity index (χ4n) is 3.14. The van der Waals surface area contributed by atoms with Crippen LogP contribution in [-0.4, -0.2) is 63.1 Å². The van der Waals surface area contributed by atoms with Gasteiger partial charge in [0.05, 0.1) is 5.69 Å². The van der Waals surface area contributed by atoms with Crippen molar-refractivity contribution < 1.29 is 9.18 Å². The van der Waals surface area contributed by atoms with Crippen LogP contribution in [0.2, 0.25) is 0 Å². The molecule has 0 radical (unpaired) electrons. The molecule has 1 fully saturated rings. The molecule has 1 amide bonds. The Morgan fingerprint density at radius 2 is 2.11 bits per heavy atom. The van der Waals surface area contributed by atoms with Gasteiger partial charge in [-0.2, -0.15) is 0 Å². The Morgan fingerprint density at radius 3 is 2.81 bits per heavy atom. The maximum absolute atomic E-state index is 13.8. The van der Waals surface area contributed by atoms with Crippen molar-refractivity contribution in [3.05, 3.63) is 30.1 Å². The van der Waals surface area contributed by atoms with Crippen molar-refractivity contribution in [1.29, 1.82) is 0 Å². The van der Waals surface area contributed by atoms with Crippen LogP contribution in [0.25, 0.3) is 0 Å². The molecule has 0 atom stereocenters. The molecule has 2 N–H and O–H groups in total. The minimum Gasteiger partial charge on any atom is -0.372 e. The third-order valence-corrected chi connectivity index (χ3v) is 4.60. The summed E-state index contributed by atoms with van der Waals surface area (Å²) in [6.07, 6.45) is 3.41. The third kappa shape index (κ3) is 7.07. The molecule has 0 saturated carbocycles. The normalized spacial score (nSPS) is 14.6. The average molecular weight is 378 g/mol. The Balaban J connectivity index is 1.67. The summed E-state index contributed by atoms with van der Waals surface area (Å²) >= 11 is 0. The maximum Gasteiger partial charge on any atom is 0.222 e. The number of carbonyl (C=O) groups excluding carboxylic acids is 1. The molecule has 6 nitrogen and oxygen atoms in total. The molecular formula is C20H32FN5O. The summed E-state index contributed by atoms with van der Waals surface area (Å²) < 4.78 is 13.8. The van der Waals surface area contributed by atoms with Crippen LogP contribution in [0.3, 0.4) is 0 Å². The number of benzene rings is 1. The van der Waals surface area contributed by atoms with Crippen molar-refractivity contribution in [1.82, 2.24) is 15.5 Å². The summed E-state index contributed by atoms with van der Waals surface area (Å²) in [6.45, 7) is 6.71. The van der Waals surface area contributed by atoms with Crippen molar-refractivity contribution >= 4 is 17.6 Å². The van der Waals surface area contributed by atoms with Gasteiger partial charge in [0, 0.05) is 52.7 Å². The van der Waals surface area contributed by atoms with E-state index in [1.165, 1.54) is 6.07 Å². The number of nitrogens with zero attached hydrogens (tertiary/aromatic N) is 3. The Labute approximate surface area is 161 Å². The van der Waals surface area contributed by atoms with E-state index in [4.69, 9.17) is 0 Å². The quantitative estimate of drug-likeness (QED) is 0.373. The second kappa shape index (κ2) is 11.4. The minimum absolute atomic E-state index is 0.195. The summed E-state index contributed by atoms with van der Waals surface area (Å²) in [5.41, 5.74) is 0.620. The number of hydrogen-bond donors (Lipinski definition) is 2. The number of amides is 1. The zero-order chi connectivity index (χ0) is 19.5. The fourth-order valence-corrected chi connectivity index (χ4v) is 3.14. The smallest absolute Gasteiger partial charge is 0.222 e. The lowest BCUT2D eigenvalue weighted by Crippen LogP contribution is -2.39. The summed E-state index contributed by atoms with van der Waals surface area (Å²) in [5.74, 6) is 0.862. The molecule has 1 aromatic carbocycles. The van der Waals surface area contributed by atoms with Crippen LogP contribution in [0.4, 0.5) is 10.1 Å². The number of aliphatic imine (C=N–C) groups is 1. The summed E-state index contributed by atoms with van der Waals surface area (Å²) in [6, 6.07) is 6.82. The molecule has 0 bridgehead atoms. The van der Waals surface area contributed by atoms with E-state index >= 15 is 0 Å². The number of carbonyl (C=O) groups is 1. The molecule has 150 valence electrons. The third-order valence-electron chi connectivity index (χ3n) is 4.60. The van der Waals surface area contributed by atoms with Gasteiger partial charge in [-0.05, 0) is 38.3 Å². The number of rotatable bonds is 10. The van der Waals surface area contributed by atoms with E-state index < -0.39 is 0 Å². The number of hydrogen-bond acceptors (Lipinski definition) is 3. The first kappa shape index (κ1) is 21.0. The predicted molar refractivity (Wildman–Crippen MR) is 109 cm³/mol. The van der Waals surface area contributed by atoms with Gasteiger partial charge < -0.3 is 20.4 Å². The zero-order valence-corrected chi connectivity index (χ0v) is 16.5. The SMILES string of the molecule is CCNC(=NCCCN1CCCC1=O)NCCCN(C)c1ccccc1F. The van der Waals surface area contributed by atoms with E-state index in [9.17, 15) is 9.18 Å².